The predicted octanol–water partition coefficient (Wildman–Crippen LogP) is 3.67. The van der Waals surface area contributed by atoms with E-state index in [1.165, 1.54) is 4.90 Å². The number of ether oxygens (including phenoxy) is 2. The summed E-state index contributed by atoms with van der Waals surface area (Å²) in [4.78, 5) is 26.7. The number of methoxy groups -OCH3 is 2. The average Bonchev–Trinajstić information content (AvgIpc) is 2.70. The van der Waals surface area contributed by atoms with Gasteiger partial charge in [0.1, 0.15) is 0 Å². The molecule has 1 atom stereocenters. The summed E-state index contributed by atoms with van der Waals surface area (Å²) in [5.41, 5.74) is 2.69. The van der Waals surface area contributed by atoms with Gasteiger partial charge in [-0.3, -0.25) is 9.59 Å². The number of nitrogens with zero attached hydrogens (tertiary/aromatic N) is 1. The molecule has 1 unspecified atom stereocenters. The SMILES string of the molecule is COc1ccc(CCC(=O)N(C)C(C)C(=O)c2ccc(C)cc2)cc1OC. The molecule has 0 N–H and O–H groups in total. The third-order valence-electron chi connectivity index (χ3n) is 4.77. The molecule has 0 spiro atoms. The molecule has 0 saturated heterocycles. The lowest BCUT2D eigenvalue weighted by atomic mass is 10.0. The van der Waals surface area contributed by atoms with Crippen molar-refractivity contribution in [2.75, 3.05) is 21.3 Å². The van der Waals surface area contributed by atoms with E-state index in [-0.39, 0.29) is 11.7 Å². The first-order chi connectivity index (χ1) is 12.9. The van der Waals surface area contributed by atoms with Crippen molar-refractivity contribution < 1.29 is 19.1 Å². The molecular formula is C22H27NO4. The first-order valence-corrected chi connectivity index (χ1v) is 8.94. The number of benzene rings is 2. The van der Waals surface area contributed by atoms with Crippen LogP contribution in [0.3, 0.4) is 0 Å². The number of likely N-dealkylation sites (N-methyl/N-ethyl adjacent to an activating group) is 1. The molecule has 0 heterocycles. The molecule has 0 fully saturated rings. The Morgan fingerprint density at radius 3 is 2.22 bits per heavy atom. The lowest BCUT2D eigenvalue weighted by molar-refractivity contribution is -0.130. The van der Waals surface area contributed by atoms with Gasteiger partial charge >= 0.3 is 0 Å². The smallest absolute Gasteiger partial charge is 0.223 e. The van der Waals surface area contributed by atoms with Gasteiger partial charge < -0.3 is 14.4 Å². The number of hydrogen-bond donors (Lipinski definition) is 0. The lowest BCUT2D eigenvalue weighted by Gasteiger charge is -2.24. The number of Topliss-reactive ketones (excluding diaryl/α,β-unsaturated/α-hetero) is 1. The molecule has 0 bridgehead atoms. The van der Waals surface area contributed by atoms with E-state index < -0.39 is 6.04 Å². The Labute approximate surface area is 160 Å². The first-order valence-electron chi connectivity index (χ1n) is 8.94. The van der Waals surface area contributed by atoms with Crippen LogP contribution in [0, 0.1) is 6.92 Å². The molecule has 0 aliphatic carbocycles. The third kappa shape index (κ3) is 5.09. The van der Waals surface area contributed by atoms with Crippen molar-refractivity contribution in [1.29, 1.82) is 0 Å². The minimum Gasteiger partial charge on any atom is -0.493 e. The minimum atomic E-state index is -0.509. The Bertz CT molecular complexity index is 798. The third-order valence-corrected chi connectivity index (χ3v) is 4.77. The molecule has 0 radical (unpaired) electrons. The summed E-state index contributed by atoms with van der Waals surface area (Å²) >= 11 is 0. The van der Waals surface area contributed by atoms with E-state index in [2.05, 4.69) is 0 Å². The largest absolute Gasteiger partial charge is 0.493 e. The van der Waals surface area contributed by atoms with E-state index in [4.69, 9.17) is 9.47 Å². The zero-order chi connectivity index (χ0) is 20.0. The Kier molecular flexibility index (Phi) is 6.99. The van der Waals surface area contributed by atoms with Crippen LogP contribution < -0.4 is 9.47 Å². The fourth-order valence-electron chi connectivity index (χ4n) is 2.81. The zero-order valence-electron chi connectivity index (χ0n) is 16.6. The summed E-state index contributed by atoms with van der Waals surface area (Å²) in [6.45, 7) is 3.73. The van der Waals surface area contributed by atoms with Crippen LogP contribution in [-0.4, -0.2) is 43.9 Å². The van der Waals surface area contributed by atoms with Crippen molar-refractivity contribution >= 4 is 11.7 Å². The van der Waals surface area contributed by atoms with E-state index in [0.29, 0.717) is 29.9 Å². The van der Waals surface area contributed by atoms with Crippen molar-refractivity contribution in [2.24, 2.45) is 0 Å². The Morgan fingerprint density at radius 1 is 1.00 bits per heavy atom. The van der Waals surface area contributed by atoms with Gasteiger partial charge in [0.15, 0.2) is 17.3 Å². The summed E-state index contributed by atoms with van der Waals surface area (Å²) in [6.07, 6.45) is 0.881. The monoisotopic (exact) mass is 369 g/mol. The van der Waals surface area contributed by atoms with E-state index in [0.717, 1.165) is 11.1 Å². The highest BCUT2D eigenvalue weighted by Gasteiger charge is 2.23. The van der Waals surface area contributed by atoms with Gasteiger partial charge in [-0.25, -0.2) is 0 Å². The minimum absolute atomic E-state index is 0.0584. The lowest BCUT2D eigenvalue weighted by Crippen LogP contribution is -2.40. The molecule has 2 aromatic rings. The molecule has 0 saturated carbocycles. The molecule has 27 heavy (non-hydrogen) atoms. The molecule has 5 nitrogen and oxygen atoms in total. The second-order valence-corrected chi connectivity index (χ2v) is 6.60. The summed E-state index contributed by atoms with van der Waals surface area (Å²) in [7, 11) is 4.84. The molecule has 2 aromatic carbocycles. The highest BCUT2D eigenvalue weighted by molar-refractivity contribution is 6.01. The summed E-state index contributed by atoms with van der Waals surface area (Å²) in [6, 6.07) is 12.5. The first kappa shape index (κ1) is 20.5. The summed E-state index contributed by atoms with van der Waals surface area (Å²) in [5.74, 6) is 1.16. The highest BCUT2D eigenvalue weighted by atomic mass is 16.5. The number of ketones is 1. The van der Waals surface area contributed by atoms with E-state index in [9.17, 15) is 9.59 Å². The van der Waals surface area contributed by atoms with Gasteiger partial charge in [0.05, 0.1) is 20.3 Å². The van der Waals surface area contributed by atoms with Crippen LogP contribution in [0.2, 0.25) is 0 Å². The van der Waals surface area contributed by atoms with Crippen LogP contribution in [0.15, 0.2) is 42.5 Å². The van der Waals surface area contributed by atoms with Crippen LogP contribution in [0.1, 0.15) is 34.8 Å². The van der Waals surface area contributed by atoms with Crippen LogP contribution in [-0.2, 0) is 11.2 Å². The second-order valence-electron chi connectivity index (χ2n) is 6.60. The van der Waals surface area contributed by atoms with Gasteiger partial charge in [-0.05, 0) is 38.0 Å². The Morgan fingerprint density at radius 2 is 1.63 bits per heavy atom. The maximum atomic E-state index is 12.6. The van der Waals surface area contributed by atoms with E-state index in [1.807, 2.05) is 37.3 Å². The number of rotatable bonds is 8. The summed E-state index contributed by atoms with van der Waals surface area (Å²) in [5, 5.41) is 0. The number of carbonyl (C=O) groups excluding carboxylic acids is 2. The van der Waals surface area contributed by atoms with Gasteiger partial charge in [0, 0.05) is 19.0 Å². The van der Waals surface area contributed by atoms with Crippen molar-refractivity contribution in [3.63, 3.8) is 0 Å². The van der Waals surface area contributed by atoms with Crippen molar-refractivity contribution in [2.45, 2.75) is 32.7 Å². The van der Waals surface area contributed by atoms with Crippen molar-refractivity contribution in [3.8, 4) is 11.5 Å². The number of hydrogen-bond acceptors (Lipinski definition) is 4. The molecule has 0 aliphatic heterocycles. The van der Waals surface area contributed by atoms with Crippen LogP contribution in [0.4, 0.5) is 0 Å². The zero-order valence-corrected chi connectivity index (χ0v) is 16.6. The maximum absolute atomic E-state index is 12.6. The predicted molar refractivity (Wildman–Crippen MR) is 106 cm³/mol. The maximum Gasteiger partial charge on any atom is 0.223 e. The van der Waals surface area contributed by atoms with Gasteiger partial charge in [-0.1, -0.05) is 35.9 Å². The summed E-state index contributed by atoms with van der Waals surface area (Å²) < 4.78 is 10.5. The average molecular weight is 369 g/mol. The fourth-order valence-corrected chi connectivity index (χ4v) is 2.81. The molecule has 0 aliphatic rings. The number of amides is 1. The Balaban J connectivity index is 1.98. The van der Waals surface area contributed by atoms with Crippen LogP contribution in [0.25, 0.3) is 0 Å². The van der Waals surface area contributed by atoms with Crippen LogP contribution in [0.5, 0.6) is 11.5 Å². The van der Waals surface area contributed by atoms with Crippen molar-refractivity contribution in [1.82, 2.24) is 4.90 Å². The van der Waals surface area contributed by atoms with E-state index >= 15 is 0 Å². The quantitative estimate of drug-likeness (QED) is 0.666. The highest BCUT2D eigenvalue weighted by Crippen LogP contribution is 2.28. The van der Waals surface area contributed by atoms with Crippen molar-refractivity contribution in [3.05, 3.63) is 59.2 Å². The number of carbonyl (C=O) groups is 2. The Hall–Kier alpha value is -2.82. The molecule has 2 rings (SSSR count). The molecular weight excluding hydrogens is 342 g/mol. The van der Waals surface area contributed by atoms with Gasteiger partial charge in [0.25, 0.3) is 0 Å². The molecule has 144 valence electrons. The second kappa shape index (κ2) is 9.21. The normalized spacial score (nSPS) is 11.6. The molecule has 5 heteroatoms. The van der Waals surface area contributed by atoms with Gasteiger partial charge in [-0.2, -0.15) is 0 Å². The van der Waals surface area contributed by atoms with E-state index in [1.54, 1.807) is 40.3 Å². The number of aryl methyl sites for hydroxylation is 2. The van der Waals surface area contributed by atoms with Gasteiger partial charge in [-0.15, -0.1) is 0 Å². The van der Waals surface area contributed by atoms with Gasteiger partial charge in [0.2, 0.25) is 5.91 Å². The fraction of sp³-hybridized carbons (Fsp3) is 0.364. The standard InChI is InChI=1S/C22H27NO4/c1-15-6-10-18(11-7-15)22(25)16(2)23(3)21(24)13-9-17-8-12-19(26-4)20(14-17)27-5/h6-8,10-12,14,16H,9,13H2,1-5H3. The molecule has 1 amide bonds. The molecule has 0 aromatic heterocycles. The van der Waals surface area contributed by atoms with Crippen LogP contribution >= 0.6 is 0 Å². The topological polar surface area (TPSA) is 55.8 Å².